The first-order valence-electron chi connectivity index (χ1n) is 5.48. The van der Waals surface area contributed by atoms with Crippen LogP contribution in [0.5, 0.6) is 0 Å². The van der Waals surface area contributed by atoms with Crippen LogP contribution in [-0.2, 0) is 11.2 Å². The molecule has 3 nitrogen and oxygen atoms in total. The van der Waals surface area contributed by atoms with E-state index in [1.807, 2.05) is 6.07 Å². The molecule has 1 fully saturated rings. The molecule has 1 aromatic heterocycles. The first-order chi connectivity index (χ1) is 7.22. The van der Waals surface area contributed by atoms with Crippen LogP contribution >= 0.6 is 0 Å². The van der Waals surface area contributed by atoms with Gasteiger partial charge in [-0.05, 0) is 30.9 Å². The molecule has 0 aromatic carbocycles. The average molecular weight is 210 g/mol. The number of furan rings is 1. The first-order valence-corrected chi connectivity index (χ1v) is 5.48. The van der Waals surface area contributed by atoms with Crippen molar-refractivity contribution >= 4 is 0 Å². The van der Waals surface area contributed by atoms with Crippen molar-refractivity contribution in [1.82, 2.24) is 0 Å². The molecular weight excluding hydrogens is 192 g/mol. The van der Waals surface area contributed by atoms with Gasteiger partial charge in [-0.25, -0.2) is 0 Å². The van der Waals surface area contributed by atoms with Crippen molar-refractivity contribution in [2.45, 2.75) is 43.8 Å². The largest absolute Gasteiger partial charge is 0.472 e. The van der Waals surface area contributed by atoms with Gasteiger partial charge in [0.15, 0.2) is 0 Å². The molecule has 1 saturated carbocycles. The van der Waals surface area contributed by atoms with E-state index in [1.165, 1.54) is 0 Å². The van der Waals surface area contributed by atoms with Crippen LogP contribution < -0.4 is 0 Å². The maximum absolute atomic E-state index is 10.4. The molecule has 84 valence electrons. The van der Waals surface area contributed by atoms with Crippen LogP contribution in [0.1, 0.15) is 31.2 Å². The number of hydrogen-bond donors (Lipinski definition) is 1. The molecule has 2 rings (SSSR count). The zero-order chi connectivity index (χ0) is 10.7. The van der Waals surface area contributed by atoms with Crippen LogP contribution in [0.3, 0.4) is 0 Å². The zero-order valence-corrected chi connectivity index (χ0v) is 9.11. The van der Waals surface area contributed by atoms with E-state index >= 15 is 0 Å². The van der Waals surface area contributed by atoms with Crippen LogP contribution in [0.2, 0.25) is 0 Å². The van der Waals surface area contributed by atoms with Gasteiger partial charge in [-0.3, -0.25) is 0 Å². The molecule has 15 heavy (non-hydrogen) atoms. The fourth-order valence-corrected chi connectivity index (χ4v) is 2.42. The molecular formula is C12H18O3. The Morgan fingerprint density at radius 1 is 1.67 bits per heavy atom. The Bertz CT molecular complexity index is 294. The first kappa shape index (κ1) is 10.7. The highest BCUT2D eigenvalue weighted by Crippen LogP contribution is 2.32. The van der Waals surface area contributed by atoms with Gasteiger partial charge in [0.05, 0.1) is 24.2 Å². The highest BCUT2D eigenvalue weighted by atomic mass is 16.5. The Morgan fingerprint density at radius 2 is 2.53 bits per heavy atom. The van der Waals surface area contributed by atoms with Gasteiger partial charge >= 0.3 is 0 Å². The molecule has 1 aromatic rings. The quantitative estimate of drug-likeness (QED) is 0.831. The summed E-state index contributed by atoms with van der Waals surface area (Å²) in [5.74, 6) is 0. The van der Waals surface area contributed by atoms with Gasteiger partial charge in [-0.1, -0.05) is 0 Å². The lowest BCUT2D eigenvalue weighted by atomic mass is 9.79. The zero-order valence-electron chi connectivity index (χ0n) is 9.11. The number of ether oxygens (including phenoxy) is 1. The molecule has 0 spiro atoms. The maximum Gasteiger partial charge on any atom is 0.0935 e. The van der Waals surface area contributed by atoms with Crippen molar-refractivity contribution in [3.05, 3.63) is 24.2 Å². The highest BCUT2D eigenvalue weighted by Gasteiger charge is 2.34. The van der Waals surface area contributed by atoms with Gasteiger partial charge < -0.3 is 14.3 Å². The Kier molecular flexibility index (Phi) is 3.12. The molecule has 1 aliphatic carbocycles. The van der Waals surface area contributed by atoms with Crippen molar-refractivity contribution in [3.8, 4) is 0 Å². The second-order valence-electron chi connectivity index (χ2n) is 4.49. The smallest absolute Gasteiger partial charge is 0.0935 e. The Hall–Kier alpha value is -0.800. The van der Waals surface area contributed by atoms with E-state index < -0.39 is 5.60 Å². The van der Waals surface area contributed by atoms with Crippen molar-refractivity contribution in [2.75, 3.05) is 7.11 Å². The molecule has 2 unspecified atom stereocenters. The van der Waals surface area contributed by atoms with Gasteiger partial charge in [-0.15, -0.1) is 0 Å². The Balaban J connectivity index is 1.99. The molecule has 0 saturated heterocycles. The van der Waals surface area contributed by atoms with E-state index in [-0.39, 0.29) is 6.10 Å². The SMILES string of the molecule is COC1CCCC(O)(Cc2ccoc2)C1. The third-order valence-electron chi connectivity index (χ3n) is 3.22. The Morgan fingerprint density at radius 3 is 3.20 bits per heavy atom. The van der Waals surface area contributed by atoms with E-state index in [2.05, 4.69) is 0 Å². The topological polar surface area (TPSA) is 42.6 Å². The molecule has 0 amide bonds. The molecule has 0 radical (unpaired) electrons. The summed E-state index contributed by atoms with van der Waals surface area (Å²) >= 11 is 0. The van der Waals surface area contributed by atoms with E-state index in [9.17, 15) is 5.11 Å². The summed E-state index contributed by atoms with van der Waals surface area (Å²) in [7, 11) is 1.72. The fraction of sp³-hybridized carbons (Fsp3) is 0.667. The van der Waals surface area contributed by atoms with E-state index in [1.54, 1.807) is 19.6 Å². The number of methoxy groups -OCH3 is 1. The number of aliphatic hydroxyl groups is 1. The summed E-state index contributed by atoms with van der Waals surface area (Å²) in [6, 6.07) is 1.91. The summed E-state index contributed by atoms with van der Waals surface area (Å²) in [5.41, 5.74) is 0.456. The molecule has 0 bridgehead atoms. The van der Waals surface area contributed by atoms with Crippen molar-refractivity contribution in [1.29, 1.82) is 0 Å². The molecule has 1 N–H and O–H groups in total. The van der Waals surface area contributed by atoms with Crippen LogP contribution in [0.25, 0.3) is 0 Å². The normalized spacial score (nSPS) is 31.7. The van der Waals surface area contributed by atoms with Crippen molar-refractivity contribution in [2.24, 2.45) is 0 Å². The lowest BCUT2D eigenvalue weighted by Gasteiger charge is -2.36. The summed E-state index contributed by atoms with van der Waals surface area (Å²) in [6.07, 6.45) is 7.91. The van der Waals surface area contributed by atoms with Crippen LogP contribution in [-0.4, -0.2) is 23.9 Å². The lowest BCUT2D eigenvalue weighted by molar-refractivity contribution is -0.0581. The third-order valence-corrected chi connectivity index (χ3v) is 3.22. The van der Waals surface area contributed by atoms with E-state index in [0.717, 1.165) is 31.2 Å². The third kappa shape index (κ3) is 2.61. The van der Waals surface area contributed by atoms with Crippen molar-refractivity contribution < 1.29 is 14.3 Å². The van der Waals surface area contributed by atoms with Crippen LogP contribution in [0, 0.1) is 0 Å². The molecule has 3 heteroatoms. The van der Waals surface area contributed by atoms with Gasteiger partial charge in [0, 0.05) is 20.0 Å². The van der Waals surface area contributed by atoms with Gasteiger partial charge in [0.1, 0.15) is 0 Å². The molecule has 0 aliphatic heterocycles. The summed E-state index contributed by atoms with van der Waals surface area (Å²) in [5, 5.41) is 10.4. The Labute approximate surface area is 90.0 Å². The minimum atomic E-state index is -0.608. The van der Waals surface area contributed by atoms with Gasteiger partial charge in [-0.2, -0.15) is 0 Å². The minimum absolute atomic E-state index is 0.204. The number of rotatable bonds is 3. The van der Waals surface area contributed by atoms with Gasteiger partial charge in [0.2, 0.25) is 0 Å². The summed E-state index contributed by atoms with van der Waals surface area (Å²) in [6.45, 7) is 0. The van der Waals surface area contributed by atoms with Crippen LogP contribution in [0.15, 0.2) is 23.0 Å². The minimum Gasteiger partial charge on any atom is -0.472 e. The predicted octanol–water partition coefficient (Wildman–Crippen LogP) is 2.14. The highest BCUT2D eigenvalue weighted by molar-refractivity contribution is 5.10. The monoisotopic (exact) mass is 210 g/mol. The second kappa shape index (κ2) is 4.37. The number of hydrogen-bond acceptors (Lipinski definition) is 3. The summed E-state index contributed by atoms with van der Waals surface area (Å²) in [4.78, 5) is 0. The lowest BCUT2D eigenvalue weighted by Crippen LogP contribution is -2.40. The fourth-order valence-electron chi connectivity index (χ4n) is 2.42. The maximum atomic E-state index is 10.4. The molecule has 1 heterocycles. The van der Waals surface area contributed by atoms with Crippen molar-refractivity contribution in [3.63, 3.8) is 0 Å². The van der Waals surface area contributed by atoms with E-state index in [0.29, 0.717) is 6.42 Å². The molecule has 1 aliphatic rings. The standard InChI is InChI=1S/C12H18O3/c1-14-11-3-2-5-12(13,8-11)7-10-4-6-15-9-10/h4,6,9,11,13H,2-3,5,7-8H2,1H3. The average Bonchev–Trinajstić information content (AvgIpc) is 2.69. The van der Waals surface area contributed by atoms with Gasteiger partial charge in [0.25, 0.3) is 0 Å². The second-order valence-corrected chi connectivity index (χ2v) is 4.49. The van der Waals surface area contributed by atoms with E-state index in [4.69, 9.17) is 9.15 Å². The van der Waals surface area contributed by atoms with Crippen LogP contribution in [0.4, 0.5) is 0 Å². The summed E-state index contributed by atoms with van der Waals surface area (Å²) < 4.78 is 10.3. The molecule has 2 atom stereocenters. The predicted molar refractivity (Wildman–Crippen MR) is 56.6 cm³/mol.